The third-order valence-corrected chi connectivity index (χ3v) is 2.94. The van der Waals surface area contributed by atoms with Crippen molar-refractivity contribution in [3.63, 3.8) is 0 Å². The van der Waals surface area contributed by atoms with Crippen molar-refractivity contribution in [2.45, 2.75) is 0 Å². The molecule has 1 heterocycles. The molecule has 0 aliphatic carbocycles. The first kappa shape index (κ1) is 9.65. The molecule has 3 nitrogen and oxygen atoms in total. The van der Waals surface area contributed by atoms with E-state index in [4.69, 9.17) is 0 Å². The second kappa shape index (κ2) is 3.69. The van der Waals surface area contributed by atoms with Gasteiger partial charge in [0, 0.05) is 12.1 Å². The summed E-state index contributed by atoms with van der Waals surface area (Å²) in [4.78, 5) is 2.25. The molecule has 0 bridgehead atoms. The fraction of sp³-hybridized carbons (Fsp3) is 0.455. The van der Waals surface area contributed by atoms with Crippen molar-refractivity contribution < 1.29 is 5.21 Å². The van der Waals surface area contributed by atoms with E-state index in [0.717, 1.165) is 31.9 Å². The van der Waals surface area contributed by atoms with E-state index in [9.17, 15) is 5.21 Å². The summed E-state index contributed by atoms with van der Waals surface area (Å²) in [6.07, 6.45) is 0. The number of nitrogens with zero attached hydrogens (tertiary/aromatic N) is 2. The van der Waals surface area contributed by atoms with E-state index < -0.39 is 0 Å². The van der Waals surface area contributed by atoms with Crippen LogP contribution in [0.2, 0.25) is 0 Å². The fourth-order valence-corrected chi connectivity index (χ4v) is 1.86. The van der Waals surface area contributed by atoms with Gasteiger partial charge in [-0.2, -0.15) is 0 Å². The van der Waals surface area contributed by atoms with Crippen molar-refractivity contribution in [3.05, 3.63) is 30.3 Å². The molecule has 0 amide bonds. The van der Waals surface area contributed by atoms with Crippen LogP contribution in [0, 0.1) is 0 Å². The lowest BCUT2D eigenvalue weighted by Crippen LogP contribution is -2.57. The Morgan fingerprint density at radius 2 is 1.71 bits per heavy atom. The Hall–Kier alpha value is -0.900. The predicted octanol–water partition coefficient (Wildman–Crippen LogP) is 1.33. The van der Waals surface area contributed by atoms with Crippen LogP contribution in [0.25, 0.3) is 0 Å². The highest BCUT2D eigenvalue weighted by molar-refractivity contribution is 5.40. The summed E-state index contributed by atoms with van der Waals surface area (Å²) >= 11 is 0. The number of quaternary nitrogens is 1. The van der Waals surface area contributed by atoms with Crippen molar-refractivity contribution in [2.24, 2.45) is 0 Å². The van der Waals surface area contributed by atoms with Gasteiger partial charge >= 0.3 is 0 Å². The Kier molecular flexibility index (Phi) is 2.54. The lowest BCUT2D eigenvalue weighted by Gasteiger charge is -2.36. The SMILES string of the molecule is CN1CC[N+](O)(c2ccccc2)CC1. The van der Waals surface area contributed by atoms with Crippen LogP contribution >= 0.6 is 0 Å². The van der Waals surface area contributed by atoms with Crippen LogP contribution in [0.4, 0.5) is 5.69 Å². The van der Waals surface area contributed by atoms with E-state index in [1.807, 2.05) is 30.3 Å². The number of piperazine rings is 1. The van der Waals surface area contributed by atoms with Crippen LogP contribution in [0.1, 0.15) is 0 Å². The molecule has 0 spiro atoms. The molecular weight excluding hydrogens is 176 g/mol. The third kappa shape index (κ3) is 1.80. The molecule has 76 valence electrons. The molecule has 3 heteroatoms. The van der Waals surface area contributed by atoms with Gasteiger partial charge in [-0.3, -0.25) is 4.90 Å². The van der Waals surface area contributed by atoms with Gasteiger partial charge in [0.25, 0.3) is 0 Å². The Balaban J connectivity index is 2.17. The van der Waals surface area contributed by atoms with Crippen LogP contribution in [0.3, 0.4) is 0 Å². The van der Waals surface area contributed by atoms with Crippen LogP contribution in [-0.2, 0) is 0 Å². The van der Waals surface area contributed by atoms with Gasteiger partial charge in [0.1, 0.15) is 13.1 Å². The van der Waals surface area contributed by atoms with E-state index in [1.54, 1.807) is 0 Å². The first-order chi connectivity index (χ1) is 6.71. The molecule has 0 unspecified atom stereocenters. The van der Waals surface area contributed by atoms with Crippen molar-refractivity contribution in [3.8, 4) is 0 Å². The van der Waals surface area contributed by atoms with Gasteiger partial charge in [0.2, 0.25) is 0 Å². The fourth-order valence-electron chi connectivity index (χ4n) is 1.86. The normalized spacial score (nSPS) is 22.1. The smallest absolute Gasteiger partial charge is 0.165 e. The standard InChI is InChI=1S/C11H17N2O/c1-12-7-9-13(14,10-8-12)11-5-3-2-4-6-11/h2-6,14H,7-10H2,1H3/q+1. The largest absolute Gasteiger partial charge is 0.295 e. The van der Waals surface area contributed by atoms with Gasteiger partial charge in [-0.1, -0.05) is 18.2 Å². The second-order valence-electron chi connectivity index (χ2n) is 4.01. The minimum Gasteiger partial charge on any atom is -0.295 e. The predicted molar refractivity (Wildman–Crippen MR) is 57.3 cm³/mol. The average molecular weight is 193 g/mol. The summed E-state index contributed by atoms with van der Waals surface area (Å²) in [5.41, 5.74) is 1.00. The minimum absolute atomic E-state index is 0.0885. The zero-order chi connectivity index (χ0) is 10.0. The van der Waals surface area contributed by atoms with E-state index in [1.165, 1.54) is 0 Å². The second-order valence-corrected chi connectivity index (χ2v) is 4.01. The molecule has 0 radical (unpaired) electrons. The summed E-state index contributed by atoms with van der Waals surface area (Å²) < 4.78 is 0.0885. The number of hydroxylamine groups is 2. The highest BCUT2D eigenvalue weighted by Crippen LogP contribution is 2.21. The monoisotopic (exact) mass is 193 g/mol. The Morgan fingerprint density at radius 3 is 2.29 bits per heavy atom. The molecular formula is C11H17N2O+. The maximum Gasteiger partial charge on any atom is 0.165 e. The van der Waals surface area contributed by atoms with Crippen molar-refractivity contribution in [2.75, 3.05) is 33.2 Å². The van der Waals surface area contributed by atoms with Gasteiger partial charge in [0.15, 0.2) is 5.69 Å². The van der Waals surface area contributed by atoms with Gasteiger partial charge in [-0.05, 0) is 7.05 Å². The zero-order valence-corrected chi connectivity index (χ0v) is 8.56. The molecule has 1 N–H and O–H groups in total. The van der Waals surface area contributed by atoms with Gasteiger partial charge in [0.05, 0.1) is 13.1 Å². The lowest BCUT2D eigenvalue weighted by atomic mass is 10.2. The van der Waals surface area contributed by atoms with E-state index in [0.29, 0.717) is 0 Å². The van der Waals surface area contributed by atoms with Crippen LogP contribution in [-0.4, -0.2) is 43.3 Å². The molecule has 1 aliphatic rings. The molecule has 0 saturated carbocycles. The molecule has 1 aromatic rings. The molecule has 1 saturated heterocycles. The van der Waals surface area contributed by atoms with E-state index >= 15 is 0 Å². The number of hydrogen-bond donors (Lipinski definition) is 1. The Bertz CT molecular complexity index is 291. The Morgan fingerprint density at radius 1 is 1.14 bits per heavy atom. The van der Waals surface area contributed by atoms with Crippen LogP contribution < -0.4 is 4.65 Å². The van der Waals surface area contributed by atoms with Crippen molar-refractivity contribution in [1.82, 2.24) is 9.55 Å². The first-order valence-corrected chi connectivity index (χ1v) is 5.05. The summed E-state index contributed by atoms with van der Waals surface area (Å²) in [5, 5.41) is 10.4. The highest BCUT2D eigenvalue weighted by Gasteiger charge is 2.32. The molecule has 0 atom stereocenters. The minimum atomic E-state index is 0.0885. The molecule has 1 fully saturated rings. The van der Waals surface area contributed by atoms with E-state index in [-0.39, 0.29) is 4.65 Å². The van der Waals surface area contributed by atoms with Crippen molar-refractivity contribution >= 4 is 5.69 Å². The third-order valence-electron chi connectivity index (χ3n) is 2.94. The number of para-hydroxylation sites is 1. The summed E-state index contributed by atoms with van der Waals surface area (Å²) in [6, 6.07) is 9.91. The Labute approximate surface area is 84.7 Å². The average Bonchev–Trinajstić information content (AvgIpc) is 2.24. The number of rotatable bonds is 1. The molecule has 2 rings (SSSR count). The van der Waals surface area contributed by atoms with Crippen LogP contribution in [0.5, 0.6) is 0 Å². The number of likely N-dealkylation sites (N-methyl/N-ethyl adjacent to an activating group) is 1. The van der Waals surface area contributed by atoms with Crippen molar-refractivity contribution in [1.29, 1.82) is 0 Å². The molecule has 1 aromatic carbocycles. The highest BCUT2D eigenvalue weighted by atomic mass is 16.5. The number of benzene rings is 1. The van der Waals surface area contributed by atoms with Gasteiger partial charge < -0.3 is 0 Å². The summed E-state index contributed by atoms with van der Waals surface area (Å²) in [7, 11) is 2.09. The maximum absolute atomic E-state index is 10.4. The van der Waals surface area contributed by atoms with Gasteiger partial charge in [-0.15, -0.1) is 4.65 Å². The van der Waals surface area contributed by atoms with E-state index in [2.05, 4.69) is 11.9 Å². The molecule has 14 heavy (non-hydrogen) atoms. The first-order valence-electron chi connectivity index (χ1n) is 5.05. The summed E-state index contributed by atoms with van der Waals surface area (Å²) in [6.45, 7) is 3.46. The van der Waals surface area contributed by atoms with Gasteiger partial charge in [-0.25, -0.2) is 5.21 Å². The number of hydrogen-bond acceptors (Lipinski definition) is 2. The van der Waals surface area contributed by atoms with Crippen LogP contribution in [0.15, 0.2) is 30.3 Å². The lowest BCUT2D eigenvalue weighted by molar-refractivity contribution is -0.103. The molecule has 1 aliphatic heterocycles. The molecule has 0 aromatic heterocycles. The topological polar surface area (TPSA) is 23.5 Å². The zero-order valence-electron chi connectivity index (χ0n) is 8.56. The maximum atomic E-state index is 10.4. The quantitative estimate of drug-likeness (QED) is 0.680. The summed E-state index contributed by atoms with van der Waals surface area (Å²) in [5.74, 6) is 0.